The van der Waals surface area contributed by atoms with E-state index in [1.54, 1.807) is 7.11 Å². The maximum Gasteiger partial charge on any atom is 0.224 e. The first-order valence-electron chi connectivity index (χ1n) is 6.41. The monoisotopic (exact) mass is 314 g/mol. The second-order valence-corrected chi connectivity index (χ2v) is 5.23. The molecular weight excluding hydrogens is 300 g/mol. The standard InChI is InChI=1S/C14H14N6OS/c1-21-8-5-3-4-7(6-8)10-9-11(15)18-13(16)19-12(9)20-14(17-10)22-2/h3-6H,1-2H3,(H4,15,16,17,18,19,20). The van der Waals surface area contributed by atoms with Gasteiger partial charge in [-0.05, 0) is 18.4 Å². The van der Waals surface area contributed by atoms with Crippen molar-refractivity contribution in [2.24, 2.45) is 0 Å². The number of hydrogen-bond donors (Lipinski definition) is 2. The van der Waals surface area contributed by atoms with Crippen molar-refractivity contribution in [1.29, 1.82) is 0 Å². The first kappa shape index (κ1) is 14.3. The molecule has 2 aromatic heterocycles. The summed E-state index contributed by atoms with van der Waals surface area (Å²) in [5, 5.41) is 1.17. The van der Waals surface area contributed by atoms with Crippen molar-refractivity contribution in [2.45, 2.75) is 5.16 Å². The number of thioether (sulfide) groups is 1. The van der Waals surface area contributed by atoms with E-state index in [0.717, 1.165) is 11.3 Å². The Balaban J connectivity index is 2.35. The highest BCUT2D eigenvalue weighted by Gasteiger charge is 2.15. The quantitative estimate of drug-likeness (QED) is 0.557. The molecule has 0 radical (unpaired) electrons. The van der Waals surface area contributed by atoms with E-state index in [0.29, 0.717) is 21.9 Å². The van der Waals surface area contributed by atoms with Crippen molar-refractivity contribution in [2.75, 3.05) is 24.8 Å². The molecule has 0 bridgehead atoms. The molecule has 0 saturated carbocycles. The van der Waals surface area contributed by atoms with Crippen LogP contribution in [0.4, 0.5) is 11.8 Å². The van der Waals surface area contributed by atoms with Crippen LogP contribution in [-0.4, -0.2) is 33.3 Å². The van der Waals surface area contributed by atoms with Crippen LogP contribution in [0.15, 0.2) is 29.4 Å². The fraction of sp³-hybridized carbons (Fsp3) is 0.143. The van der Waals surface area contributed by atoms with Gasteiger partial charge in [0.15, 0.2) is 10.8 Å². The molecule has 4 N–H and O–H groups in total. The highest BCUT2D eigenvalue weighted by Crippen LogP contribution is 2.32. The average molecular weight is 314 g/mol. The van der Waals surface area contributed by atoms with E-state index >= 15 is 0 Å². The maximum absolute atomic E-state index is 6.01. The third kappa shape index (κ3) is 2.48. The number of methoxy groups -OCH3 is 1. The van der Waals surface area contributed by atoms with Gasteiger partial charge in [0, 0.05) is 5.56 Å². The average Bonchev–Trinajstić information content (AvgIpc) is 2.53. The summed E-state index contributed by atoms with van der Waals surface area (Å²) in [6.45, 7) is 0. The first-order chi connectivity index (χ1) is 10.6. The molecule has 0 spiro atoms. The van der Waals surface area contributed by atoms with Crippen molar-refractivity contribution >= 4 is 34.6 Å². The van der Waals surface area contributed by atoms with Gasteiger partial charge in [0.05, 0.1) is 18.2 Å². The van der Waals surface area contributed by atoms with E-state index in [9.17, 15) is 0 Å². The lowest BCUT2D eigenvalue weighted by Gasteiger charge is -2.10. The minimum atomic E-state index is 0.0901. The Labute approximate surface area is 131 Å². The lowest BCUT2D eigenvalue weighted by molar-refractivity contribution is 0.415. The lowest BCUT2D eigenvalue weighted by Crippen LogP contribution is -2.04. The molecule has 0 aliphatic heterocycles. The molecule has 0 saturated heterocycles. The summed E-state index contributed by atoms with van der Waals surface area (Å²) in [6, 6.07) is 7.54. The largest absolute Gasteiger partial charge is 0.497 e. The lowest BCUT2D eigenvalue weighted by atomic mass is 10.1. The summed E-state index contributed by atoms with van der Waals surface area (Å²) in [4.78, 5) is 17.1. The van der Waals surface area contributed by atoms with E-state index in [2.05, 4.69) is 19.9 Å². The van der Waals surface area contributed by atoms with Crippen LogP contribution in [0.1, 0.15) is 0 Å². The van der Waals surface area contributed by atoms with Gasteiger partial charge in [-0.25, -0.2) is 9.97 Å². The Bertz CT molecular complexity index is 854. The number of ether oxygens (including phenoxy) is 1. The Morgan fingerprint density at radius 2 is 1.91 bits per heavy atom. The molecule has 0 aliphatic carbocycles. The number of fused-ring (bicyclic) bond motifs is 1. The third-order valence-electron chi connectivity index (χ3n) is 3.11. The molecule has 8 heteroatoms. The molecule has 3 aromatic rings. The van der Waals surface area contributed by atoms with Crippen molar-refractivity contribution in [3.8, 4) is 17.0 Å². The van der Waals surface area contributed by atoms with E-state index < -0.39 is 0 Å². The molecule has 112 valence electrons. The zero-order valence-electron chi connectivity index (χ0n) is 12.1. The van der Waals surface area contributed by atoms with E-state index in [4.69, 9.17) is 16.2 Å². The Morgan fingerprint density at radius 3 is 2.64 bits per heavy atom. The van der Waals surface area contributed by atoms with Crippen LogP contribution in [0, 0.1) is 0 Å². The maximum atomic E-state index is 6.01. The first-order valence-corrected chi connectivity index (χ1v) is 7.64. The van der Waals surface area contributed by atoms with Crippen LogP contribution in [0.2, 0.25) is 0 Å². The predicted molar refractivity (Wildman–Crippen MR) is 87.7 cm³/mol. The van der Waals surface area contributed by atoms with E-state index in [1.807, 2.05) is 30.5 Å². The SMILES string of the molecule is COc1cccc(-c2nc(SC)nc3nc(N)nc(N)c23)c1. The van der Waals surface area contributed by atoms with Crippen molar-refractivity contribution in [1.82, 2.24) is 19.9 Å². The van der Waals surface area contributed by atoms with Gasteiger partial charge >= 0.3 is 0 Å². The Kier molecular flexibility index (Phi) is 3.68. The molecular formula is C14H14N6OS. The van der Waals surface area contributed by atoms with Crippen LogP contribution < -0.4 is 16.2 Å². The number of aromatic nitrogens is 4. The van der Waals surface area contributed by atoms with E-state index in [1.165, 1.54) is 11.8 Å². The molecule has 0 aliphatic rings. The molecule has 0 unspecified atom stereocenters. The Morgan fingerprint density at radius 1 is 1.09 bits per heavy atom. The fourth-order valence-electron chi connectivity index (χ4n) is 2.13. The van der Waals surface area contributed by atoms with Gasteiger partial charge < -0.3 is 16.2 Å². The van der Waals surface area contributed by atoms with Crippen LogP contribution in [0.25, 0.3) is 22.3 Å². The number of hydrogen-bond acceptors (Lipinski definition) is 8. The smallest absolute Gasteiger partial charge is 0.224 e. The van der Waals surface area contributed by atoms with Gasteiger partial charge in [-0.3, -0.25) is 0 Å². The van der Waals surface area contributed by atoms with Crippen molar-refractivity contribution in [3.63, 3.8) is 0 Å². The van der Waals surface area contributed by atoms with Crippen molar-refractivity contribution < 1.29 is 4.74 Å². The van der Waals surface area contributed by atoms with Gasteiger partial charge in [0.2, 0.25) is 5.95 Å². The second-order valence-electron chi connectivity index (χ2n) is 4.46. The molecule has 7 nitrogen and oxygen atoms in total. The van der Waals surface area contributed by atoms with E-state index in [-0.39, 0.29) is 11.8 Å². The van der Waals surface area contributed by atoms with Crippen LogP contribution in [-0.2, 0) is 0 Å². The summed E-state index contributed by atoms with van der Waals surface area (Å²) in [6.07, 6.45) is 1.89. The molecule has 1 aromatic carbocycles. The summed E-state index contributed by atoms with van der Waals surface area (Å²) in [5.74, 6) is 1.07. The highest BCUT2D eigenvalue weighted by molar-refractivity contribution is 7.98. The summed E-state index contributed by atoms with van der Waals surface area (Å²) < 4.78 is 5.26. The zero-order valence-corrected chi connectivity index (χ0v) is 12.9. The normalized spacial score (nSPS) is 10.8. The van der Waals surface area contributed by atoms with Crippen LogP contribution >= 0.6 is 11.8 Å². The summed E-state index contributed by atoms with van der Waals surface area (Å²) in [7, 11) is 1.61. The highest BCUT2D eigenvalue weighted by atomic mass is 32.2. The molecule has 0 fully saturated rings. The predicted octanol–water partition coefficient (Wildman–Crippen LogP) is 1.98. The number of nitrogens with two attached hydrogens (primary N) is 2. The van der Waals surface area contributed by atoms with Gasteiger partial charge in [0.25, 0.3) is 0 Å². The number of nitrogens with zero attached hydrogens (tertiary/aromatic N) is 4. The van der Waals surface area contributed by atoms with Gasteiger partial charge in [0.1, 0.15) is 11.6 Å². The van der Waals surface area contributed by atoms with Gasteiger partial charge in [-0.1, -0.05) is 23.9 Å². The van der Waals surface area contributed by atoms with Gasteiger partial charge in [-0.2, -0.15) is 9.97 Å². The summed E-state index contributed by atoms with van der Waals surface area (Å²) >= 11 is 1.42. The van der Waals surface area contributed by atoms with Crippen LogP contribution in [0.3, 0.4) is 0 Å². The molecule has 2 heterocycles. The van der Waals surface area contributed by atoms with Crippen LogP contribution in [0.5, 0.6) is 5.75 Å². The number of rotatable bonds is 3. The topological polar surface area (TPSA) is 113 Å². The Hall–Kier alpha value is -2.61. The minimum Gasteiger partial charge on any atom is -0.497 e. The number of anilines is 2. The second kappa shape index (κ2) is 5.64. The summed E-state index contributed by atoms with van der Waals surface area (Å²) in [5.41, 5.74) is 13.6. The molecule has 22 heavy (non-hydrogen) atoms. The minimum absolute atomic E-state index is 0.0901. The fourth-order valence-corrected chi connectivity index (χ4v) is 2.49. The molecule has 0 atom stereocenters. The molecule has 3 rings (SSSR count). The zero-order chi connectivity index (χ0) is 15.7. The van der Waals surface area contributed by atoms with Gasteiger partial charge in [-0.15, -0.1) is 0 Å². The number of benzene rings is 1. The van der Waals surface area contributed by atoms with Crippen molar-refractivity contribution in [3.05, 3.63) is 24.3 Å². The molecule has 0 amide bonds. The third-order valence-corrected chi connectivity index (χ3v) is 3.65. The number of nitrogen functional groups attached to an aromatic ring is 2.